The summed E-state index contributed by atoms with van der Waals surface area (Å²) in [6, 6.07) is 12.2. The zero-order chi connectivity index (χ0) is 17.1. The lowest BCUT2D eigenvalue weighted by Gasteiger charge is -2.14. The van der Waals surface area contributed by atoms with Crippen LogP contribution in [0.2, 0.25) is 5.02 Å². The lowest BCUT2D eigenvalue weighted by atomic mass is 10.2. The van der Waals surface area contributed by atoms with Gasteiger partial charge in [-0.2, -0.15) is 0 Å². The van der Waals surface area contributed by atoms with E-state index in [-0.39, 0.29) is 18.7 Å². The fraction of sp³-hybridized carbons (Fsp3) is 0.176. The molecule has 0 amide bonds. The first kappa shape index (κ1) is 17.0. The Morgan fingerprint density at radius 3 is 2.75 bits per heavy atom. The second kappa shape index (κ2) is 7.34. The van der Waals surface area contributed by atoms with Gasteiger partial charge in [-0.3, -0.25) is 9.36 Å². The number of halogens is 2. The molecule has 1 atom stereocenters. The van der Waals surface area contributed by atoms with Crippen molar-refractivity contribution in [3.63, 3.8) is 0 Å². The molecule has 7 heteroatoms. The number of rotatable bonds is 5. The molecule has 0 spiro atoms. The Kier molecular flexibility index (Phi) is 5.18. The molecule has 0 radical (unpaired) electrons. The first-order valence-corrected chi connectivity index (χ1v) is 8.41. The summed E-state index contributed by atoms with van der Waals surface area (Å²) in [4.78, 5) is 16.6. The molecule has 3 rings (SSSR count). The molecule has 0 unspecified atom stereocenters. The lowest BCUT2D eigenvalue weighted by Crippen LogP contribution is -2.30. The van der Waals surface area contributed by atoms with E-state index in [0.29, 0.717) is 21.7 Å². The molecule has 0 aliphatic heterocycles. The quantitative estimate of drug-likeness (QED) is 0.702. The van der Waals surface area contributed by atoms with Crippen molar-refractivity contribution in [3.8, 4) is 5.75 Å². The highest BCUT2D eigenvalue weighted by molar-refractivity contribution is 9.10. The van der Waals surface area contributed by atoms with Gasteiger partial charge in [0.2, 0.25) is 0 Å². The topological polar surface area (TPSA) is 64.4 Å². The third-order valence-corrected chi connectivity index (χ3v) is 4.21. The van der Waals surface area contributed by atoms with Crippen LogP contribution in [0, 0.1) is 0 Å². The Hall–Kier alpha value is -1.89. The van der Waals surface area contributed by atoms with E-state index in [2.05, 4.69) is 20.9 Å². The molecule has 0 aliphatic rings. The predicted molar refractivity (Wildman–Crippen MR) is 96.7 cm³/mol. The minimum absolute atomic E-state index is 0.0711. The Morgan fingerprint density at radius 2 is 2.00 bits per heavy atom. The summed E-state index contributed by atoms with van der Waals surface area (Å²) in [7, 11) is 0. The number of aromatic nitrogens is 2. The van der Waals surface area contributed by atoms with Crippen molar-refractivity contribution in [2.24, 2.45) is 0 Å². The number of hydrogen-bond donors (Lipinski definition) is 1. The highest BCUT2D eigenvalue weighted by Gasteiger charge is 2.10. The molecule has 0 bridgehead atoms. The number of aliphatic hydroxyl groups excluding tert-OH is 1. The summed E-state index contributed by atoms with van der Waals surface area (Å²) in [5, 5.41) is 11.0. The van der Waals surface area contributed by atoms with E-state index in [0.717, 1.165) is 4.47 Å². The van der Waals surface area contributed by atoms with Gasteiger partial charge in [-0.1, -0.05) is 27.5 Å². The average Bonchev–Trinajstić information content (AvgIpc) is 2.57. The van der Waals surface area contributed by atoms with Crippen LogP contribution in [0.15, 0.2) is 58.1 Å². The highest BCUT2D eigenvalue weighted by atomic mass is 79.9. The van der Waals surface area contributed by atoms with E-state index in [9.17, 15) is 9.90 Å². The van der Waals surface area contributed by atoms with E-state index in [1.165, 1.54) is 10.9 Å². The maximum Gasteiger partial charge on any atom is 0.261 e. The first-order valence-electron chi connectivity index (χ1n) is 7.24. The molecule has 5 nitrogen and oxygen atoms in total. The van der Waals surface area contributed by atoms with Crippen LogP contribution in [-0.2, 0) is 6.54 Å². The van der Waals surface area contributed by atoms with Crippen LogP contribution >= 0.6 is 27.5 Å². The molecule has 24 heavy (non-hydrogen) atoms. The monoisotopic (exact) mass is 408 g/mol. The molecule has 0 saturated heterocycles. The molecule has 0 fully saturated rings. The van der Waals surface area contributed by atoms with Crippen molar-refractivity contribution in [3.05, 3.63) is 68.6 Å². The fourth-order valence-electron chi connectivity index (χ4n) is 2.26. The minimum atomic E-state index is -0.843. The third-order valence-electron chi connectivity index (χ3n) is 3.45. The molecular weight excluding hydrogens is 396 g/mol. The zero-order valence-corrected chi connectivity index (χ0v) is 14.9. The first-order chi connectivity index (χ1) is 11.5. The Balaban J connectivity index is 1.71. The van der Waals surface area contributed by atoms with E-state index >= 15 is 0 Å². The van der Waals surface area contributed by atoms with Gasteiger partial charge in [0.15, 0.2) is 0 Å². The van der Waals surface area contributed by atoms with Gasteiger partial charge >= 0.3 is 0 Å². The molecule has 1 N–H and O–H groups in total. The van der Waals surface area contributed by atoms with Crippen LogP contribution < -0.4 is 10.3 Å². The number of fused-ring (bicyclic) bond motifs is 1. The standard InChI is InChI=1S/C17H14BrClN2O3/c18-11-1-4-14(5-2-11)24-9-13(22)8-21-10-20-16-6-3-12(19)7-15(16)17(21)23/h1-7,10,13,22H,8-9H2/t13-/m1/s1. The van der Waals surface area contributed by atoms with Gasteiger partial charge in [-0.05, 0) is 42.5 Å². The molecule has 124 valence electrons. The molecule has 0 aliphatic carbocycles. The van der Waals surface area contributed by atoms with Crippen molar-refractivity contribution < 1.29 is 9.84 Å². The van der Waals surface area contributed by atoms with Gasteiger partial charge in [-0.25, -0.2) is 4.98 Å². The second-order valence-electron chi connectivity index (χ2n) is 5.28. The van der Waals surface area contributed by atoms with Crippen LogP contribution in [0.4, 0.5) is 0 Å². The summed E-state index contributed by atoms with van der Waals surface area (Å²) in [5.74, 6) is 0.646. The van der Waals surface area contributed by atoms with Crippen molar-refractivity contribution in [2.75, 3.05) is 6.61 Å². The van der Waals surface area contributed by atoms with E-state index < -0.39 is 6.10 Å². The molecule has 1 heterocycles. The summed E-state index contributed by atoms with van der Waals surface area (Å²) in [6.45, 7) is 0.159. The van der Waals surface area contributed by atoms with Gasteiger partial charge < -0.3 is 9.84 Å². The maximum absolute atomic E-state index is 12.4. The number of ether oxygens (including phenoxy) is 1. The van der Waals surface area contributed by atoms with Gasteiger partial charge in [0.25, 0.3) is 5.56 Å². The van der Waals surface area contributed by atoms with Crippen LogP contribution in [0.3, 0.4) is 0 Å². The van der Waals surface area contributed by atoms with Crippen LogP contribution in [0.25, 0.3) is 10.9 Å². The van der Waals surface area contributed by atoms with E-state index in [4.69, 9.17) is 16.3 Å². The summed E-state index contributed by atoms with van der Waals surface area (Å²) < 4.78 is 7.82. The third kappa shape index (κ3) is 3.95. The van der Waals surface area contributed by atoms with E-state index in [1.807, 2.05) is 12.1 Å². The zero-order valence-electron chi connectivity index (χ0n) is 12.5. The molecule has 3 aromatic rings. The summed E-state index contributed by atoms with van der Waals surface area (Å²) in [6.07, 6.45) is 0.575. The van der Waals surface area contributed by atoms with Gasteiger partial charge in [-0.15, -0.1) is 0 Å². The predicted octanol–water partition coefficient (Wildman–Crippen LogP) is 3.25. The van der Waals surface area contributed by atoms with Crippen molar-refractivity contribution in [1.29, 1.82) is 0 Å². The van der Waals surface area contributed by atoms with Crippen LogP contribution in [-0.4, -0.2) is 27.4 Å². The normalized spacial score (nSPS) is 12.3. The van der Waals surface area contributed by atoms with E-state index in [1.54, 1.807) is 30.3 Å². The largest absolute Gasteiger partial charge is 0.491 e. The van der Waals surface area contributed by atoms with Crippen LogP contribution in [0.1, 0.15) is 0 Å². The second-order valence-corrected chi connectivity index (χ2v) is 6.63. The van der Waals surface area contributed by atoms with Gasteiger partial charge in [0.05, 0.1) is 23.8 Å². The SMILES string of the molecule is O=c1c2cc(Cl)ccc2ncn1C[C@@H](O)COc1ccc(Br)cc1. The Morgan fingerprint density at radius 1 is 1.25 bits per heavy atom. The number of nitrogens with zero attached hydrogens (tertiary/aromatic N) is 2. The molecule has 1 aromatic heterocycles. The number of hydrogen-bond acceptors (Lipinski definition) is 4. The Labute approximate surface area is 151 Å². The average molecular weight is 410 g/mol. The fourth-order valence-corrected chi connectivity index (χ4v) is 2.70. The molecular formula is C17H14BrClN2O3. The van der Waals surface area contributed by atoms with Gasteiger partial charge in [0, 0.05) is 9.50 Å². The number of aliphatic hydroxyl groups is 1. The summed E-state index contributed by atoms with van der Waals surface area (Å²) in [5.41, 5.74) is 0.325. The number of benzene rings is 2. The van der Waals surface area contributed by atoms with Crippen molar-refractivity contribution in [2.45, 2.75) is 12.6 Å². The van der Waals surface area contributed by atoms with Crippen LogP contribution in [0.5, 0.6) is 5.75 Å². The van der Waals surface area contributed by atoms with Crippen molar-refractivity contribution in [1.82, 2.24) is 9.55 Å². The maximum atomic E-state index is 12.4. The lowest BCUT2D eigenvalue weighted by molar-refractivity contribution is 0.0915. The van der Waals surface area contributed by atoms with Crippen molar-refractivity contribution >= 4 is 38.4 Å². The summed E-state index contributed by atoms with van der Waals surface area (Å²) >= 11 is 9.27. The van der Waals surface area contributed by atoms with Gasteiger partial charge in [0.1, 0.15) is 18.5 Å². The molecule has 2 aromatic carbocycles. The molecule has 0 saturated carbocycles. The smallest absolute Gasteiger partial charge is 0.261 e. The minimum Gasteiger partial charge on any atom is -0.491 e. The highest BCUT2D eigenvalue weighted by Crippen LogP contribution is 2.16. The Bertz CT molecular complexity index is 912.